The number of benzene rings is 2. The van der Waals surface area contributed by atoms with Gasteiger partial charge in [0.05, 0.1) is 16.2 Å². The molecule has 4 N–H and O–H groups in total. The van der Waals surface area contributed by atoms with Gasteiger partial charge in [-0.3, -0.25) is 0 Å². The predicted molar refractivity (Wildman–Crippen MR) is 151 cm³/mol. The second-order valence-electron chi connectivity index (χ2n) is 10.4. The summed E-state index contributed by atoms with van der Waals surface area (Å²) in [7, 11) is -4.20. The number of sulfonamides is 1. The van der Waals surface area contributed by atoms with Gasteiger partial charge in [0.1, 0.15) is 6.61 Å². The summed E-state index contributed by atoms with van der Waals surface area (Å²) in [5.74, 6) is -0.594. The van der Waals surface area contributed by atoms with Gasteiger partial charge in [0.2, 0.25) is 11.8 Å². The number of nitrogens with one attached hydrogen (secondary N) is 1. The molecule has 10 heteroatoms. The molecule has 208 valence electrons. The van der Waals surface area contributed by atoms with E-state index in [-0.39, 0.29) is 34.9 Å². The maximum absolute atomic E-state index is 13.3. The number of carboxylic acids is 1. The van der Waals surface area contributed by atoms with Crippen LogP contribution in [0.5, 0.6) is 5.88 Å². The van der Waals surface area contributed by atoms with Crippen LogP contribution in [0.3, 0.4) is 0 Å². The van der Waals surface area contributed by atoms with Crippen molar-refractivity contribution in [2.24, 2.45) is 11.7 Å². The number of ether oxygens (including phenoxy) is 1. The topological polar surface area (TPSA) is 144 Å². The third kappa shape index (κ3) is 7.33. The highest BCUT2D eigenvalue weighted by Gasteiger charge is 2.22. The van der Waals surface area contributed by atoms with Crippen molar-refractivity contribution in [1.29, 1.82) is 0 Å². The molecule has 4 rings (SSSR count). The number of aromatic carboxylic acids is 1. The molecule has 1 fully saturated rings. The zero-order chi connectivity index (χ0) is 28.2. The Morgan fingerprint density at radius 3 is 2.44 bits per heavy atom. The molecule has 0 radical (unpaired) electrons. The normalized spacial score (nSPS) is 15.1. The van der Waals surface area contributed by atoms with Crippen molar-refractivity contribution in [1.82, 2.24) is 9.97 Å². The Hall–Kier alpha value is -3.50. The third-order valence-corrected chi connectivity index (χ3v) is 8.39. The van der Waals surface area contributed by atoms with Crippen LogP contribution in [0.1, 0.15) is 65.6 Å². The van der Waals surface area contributed by atoms with Crippen molar-refractivity contribution >= 4 is 21.9 Å². The van der Waals surface area contributed by atoms with Gasteiger partial charge < -0.3 is 15.6 Å². The Morgan fingerprint density at radius 1 is 1.08 bits per heavy atom. The standard InChI is InChI=1S/C29H36N4O5S/c1-18-12-22(28(34)35)15-24(13-18)39(36,37)33-29-31-25(27-19(2)8-7-9-20(27)3)16-26(32-29)38-17-23(30)14-21-10-5-4-6-11-21/h7-9,12-13,15-16,21,23H,4-6,10-11,14,17,30H2,1-3H3,(H,34,35)(H,31,32,33)/t23-/m1/s1. The van der Waals surface area contributed by atoms with E-state index >= 15 is 0 Å². The smallest absolute Gasteiger partial charge is 0.335 e. The summed E-state index contributed by atoms with van der Waals surface area (Å²) in [5, 5.41) is 9.38. The monoisotopic (exact) mass is 552 g/mol. The Labute approximate surface area is 229 Å². The van der Waals surface area contributed by atoms with E-state index in [0.29, 0.717) is 17.2 Å². The Morgan fingerprint density at radius 2 is 1.77 bits per heavy atom. The number of aryl methyl sites for hydroxylation is 3. The van der Waals surface area contributed by atoms with Gasteiger partial charge in [-0.25, -0.2) is 22.9 Å². The second kappa shape index (κ2) is 12.1. The first-order chi connectivity index (χ1) is 18.5. The molecule has 1 heterocycles. The van der Waals surface area contributed by atoms with E-state index in [1.807, 2.05) is 32.0 Å². The largest absolute Gasteiger partial charge is 0.478 e. The molecule has 2 aromatic carbocycles. The van der Waals surface area contributed by atoms with Crippen LogP contribution in [0.2, 0.25) is 0 Å². The zero-order valence-corrected chi connectivity index (χ0v) is 23.4. The molecule has 1 aliphatic rings. The van der Waals surface area contributed by atoms with Crippen molar-refractivity contribution in [2.75, 3.05) is 11.3 Å². The molecule has 0 saturated heterocycles. The van der Waals surface area contributed by atoms with Crippen molar-refractivity contribution in [3.8, 4) is 17.1 Å². The lowest BCUT2D eigenvalue weighted by molar-refractivity contribution is 0.0696. The van der Waals surface area contributed by atoms with Crippen LogP contribution in [0.4, 0.5) is 5.95 Å². The summed E-state index contributed by atoms with van der Waals surface area (Å²) in [6.07, 6.45) is 7.00. The molecule has 1 atom stereocenters. The first-order valence-electron chi connectivity index (χ1n) is 13.2. The minimum Gasteiger partial charge on any atom is -0.478 e. The lowest BCUT2D eigenvalue weighted by Gasteiger charge is -2.24. The fraction of sp³-hybridized carbons (Fsp3) is 0.414. The van der Waals surface area contributed by atoms with Gasteiger partial charge in [0, 0.05) is 17.7 Å². The number of nitrogens with zero attached hydrogens (tertiary/aromatic N) is 2. The first-order valence-corrected chi connectivity index (χ1v) is 14.7. The fourth-order valence-corrected chi connectivity index (χ4v) is 6.28. The second-order valence-corrected chi connectivity index (χ2v) is 12.1. The average Bonchev–Trinajstić information content (AvgIpc) is 2.87. The molecule has 3 aromatic rings. The number of aromatic nitrogens is 2. The van der Waals surface area contributed by atoms with Gasteiger partial charge in [0.25, 0.3) is 10.0 Å². The summed E-state index contributed by atoms with van der Waals surface area (Å²) < 4.78 is 34.9. The van der Waals surface area contributed by atoms with Gasteiger partial charge >= 0.3 is 5.97 Å². The molecule has 0 spiro atoms. The highest BCUT2D eigenvalue weighted by Crippen LogP contribution is 2.30. The van der Waals surface area contributed by atoms with Gasteiger partial charge in [-0.1, -0.05) is 50.3 Å². The summed E-state index contributed by atoms with van der Waals surface area (Å²) in [6, 6.07) is 11.3. The molecule has 39 heavy (non-hydrogen) atoms. The number of carboxylic acid groups (broad SMARTS) is 1. The van der Waals surface area contributed by atoms with Crippen LogP contribution in [-0.4, -0.2) is 42.1 Å². The molecule has 1 saturated carbocycles. The highest BCUT2D eigenvalue weighted by atomic mass is 32.2. The maximum atomic E-state index is 13.3. The lowest BCUT2D eigenvalue weighted by atomic mass is 9.85. The molecule has 0 unspecified atom stereocenters. The van der Waals surface area contributed by atoms with Crippen LogP contribution in [0.25, 0.3) is 11.3 Å². The van der Waals surface area contributed by atoms with E-state index in [9.17, 15) is 18.3 Å². The third-order valence-electron chi connectivity index (χ3n) is 7.08. The van der Waals surface area contributed by atoms with E-state index in [0.717, 1.165) is 29.2 Å². The van der Waals surface area contributed by atoms with Gasteiger partial charge in [0.15, 0.2) is 0 Å². The Kier molecular flexibility index (Phi) is 8.87. The van der Waals surface area contributed by atoms with Crippen LogP contribution >= 0.6 is 0 Å². The molecule has 1 aromatic heterocycles. The van der Waals surface area contributed by atoms with Gasteiger partial charge in [-0.15, -0.1) is 0 Å². The fourth-order valence-electron chi connectivity index (χ4n) is 5.21. The number of anilines is 1. The Bertz CT molecular complexity index is 1430. The Balaban J connectivity index is 1.64. The molecule has 9 nitrogen and oxygen atoms in total. The number of rotatable bonds is 10. The van der Waals surface area contributed by atoms with Crippen molar-refractivity contribution < 1.29 is 23.1 Å². The highest BCUT2D eigenvalue weighted by molar-refractivity contribution is 7.92. The number of nitrogens with two attached hydrogens (primary N) is 1. The number of hydrogen-bond donors (Lipinski definition) is 3. The molecule has 0 aliphatic heterocycles. The van der Waals surface area contributed by atoms with E-state index in [1.165, 1.54) is 44.2 Å². The average molecular weight is 553 g/mol. The van der Waals surface area contributed by atoms with Crippen LogP contribution < -0.4 is 15.2 Å². The van der Waals surface area contributed by atoms with E-state index in [4.69, 9.17) is 10.5 Å². The predicted octanol–water partition coefficient (Wildman–Crippen LogP) is 5.24. The van der Waals surface area contributed by atoms with Crippen molar-refractivity contribution in [2.45, 2.75) is 70.2 Å². The molecular weight excluding hydrogens is 516 g/mol. The van der Waals surface area contributed by atoms with Crippen molar-refractivity contribution in [3.05, 3.63) is 64.7 Å². The van der Waals surface area contributed by atoms with Crippen LogP contribution in [0.15, 0.2) is 47.4 Å². The van der Waals surface area contributed by atoms with E-state index < -0.39 is 16.0 Å². The van der Waals surface area contributed by atoms with E-state index in [1.54, 1.807) is 13.0 Å². The quantitative estimate of drug-likeness (QED) is 0.309. The molecule has 0 amide bonds. The van der Waals surface area contributed by atoms with Crippen LogP contribution in [-0.2, 0) is 10.0 Å². The van der Waals surface area contributed by atoms with E-state index in [2.05, 4.69) is 14.7 Å². The lowest BCUT2D eigenvalue weighted by Crippen LogP contribution is -2.31. The maximum Gasteiger partial charge on any atom is 0.335 e. The molecular formula is C29H36N4O5S. The minimum atomic E-state index is -4.20. The first kappa shape index (κ1) is 28.5. The zero-order valence-electron chi connectivity index (χ0n) is 22.6. The summed E-state index contributed by atoms with van der Waals surface area (Å²) in [6.45, 7) is 5.78. The summed E-state index contributed by atoms with van der Waals surface area (Å²) >= 11 is 0. The summed E-state index contributed by atoms with van der Waals surface area (Å²) in [5.41, 5.74) is 10.0. The van der Waals surface area contributed by atoms with Crippen LogP contribution in [0, 0.1) is 26.7 Å². The molecule has 0 bridgehead atoms. The van der Waals surface area contributed by atoms with Crippen molar-refractivity contribution in [3.63, 3.8) is 0 Å². The summed E-state index contributed by atoms with van der Waals surface area (Å²) in [4.78, 5) is 20.1. The SMILES string of the molecule is Cc1cc(C(=O)O)cc(S(=O)(=O)Nc2nc(OC[C@H](N)CC3CCCCC3)cc(-c3c(C)cccc3C)n2)c1. The minimum absolute atomic E-state index is 0.128. The molecule has 1 aliphatic carbocycles. The number of carbonyl (C=O) groups is 1. The van der Waals surface area contributed by atoms with Gasteiger partial charge in [-0.05, 0) is 68.0 Å². The number of hydrogen-bond acceptors (Lipinski definition) is 7. The van der Waals surface area contributed by atoms with Gasteiger partial charge in [-0.2, -0.15) is 4.98 Å².